The van der Waals surface area contributed by atoms with Crippen molar-refractivity contribution in [3.05, 3.63) is 98.6 Å². The summed E-state index contributed by atoms with van der Waals surface area (Å²) in [5.74, 6) is 1.01. The molecule has 2 aromatic carbocycles. The summed E-state index contributed by atoms with van der Waals surface area (Å²) in [5, 5.41) is 12.2. The molecule has 1 aliphatic heterocycles. The fraction of sp³-hybridized carbons (Fsp3) is 0.130. The van der Waals surface area contributed by atoms with Crippen LogP contribution in [-0.4, -0.2) is 34.4 Å². The number of H-pyrrole nitrogens is 1. The smallest absolute Gasteiger partial charge is 0.289 e. The molecule has 0 atom stereocenters. The van der Waals surface area contributed by atoms with Gasteiger partial charge >= 0.3 is 0 Å². The Kier molecular flexibility index (Phi) is 5.67. The number of fused-ring (bicyclic) bond motifs is 2. The molecule has 1 aliphatic rings. The summed E-state index contributed by atoms with van der Waals surface area (Å²) in [6.07, 6.45) is 3.04. The predicted octanol–water partition coefficient (Wildman–Crippen LogP) is 2.95. The van der Waals surface area contributed by atoms with E-state index in [1.807, 2.05) is 0 Å². The average Bonchev–Trinajstić information content (AvgIpc) is 3.30. The molecule has 0 radical (unpaired) electrons. The number of pyridine rings is 2. The third kappa shape index (κ3) is 4.32. The van der Waals surface area contributed by atoms with Gasteiger partial charge in [0.25, 0.3) is 21.3 Å². The van der Waals surface area contributed by atoms with Crippen LogP contribution in [0.15, 0.2) is 76.7 Å². The molecule has 0 fully saturated rings. The van der Waals surface area contributed by atoms with Crippen LogP contribution < -0.4 is 15.0 Å². The molecular weight excluding hydrogens is 476 g/mol. The third-order valence-corrected chi connectivity index (χ3v) is 7.36. The number of aromatic amines is 1. The van der Waals surface area contributed by atoms with Gasteiger partial charge in [0, 0.05) is 48.6 Å². The number of ether oxygens (including phenoxy) is 2. The number of hydrogen-bond acceptors (Lipinski definition) is 8. The number of sulfonamides is 1. The van der Waals surface area contributed by atoms with Gasteiger partial charge in [-0.25, -0.2) is 8.42 Å². The van der Waals surface area contributed by atoms with Gasteiger partial charge in [0.15, 0.2) is 16.4 Å². The van der Waals surface area contributed by atoms with Gasteiger partial charge in [0.05, 0.1) is 10.4 Å². The molecular formula is C23H18N4O7S. The Morgan fingerprint density at radius 2 is 1.83 bits per heavy atom. The molecule has 0 saturated heterocycles. The lowest BCUT2D eigenvalue weighted by Crippen LogP contribution is -2.33. The highest BCUT2D eigenvalue weighted by Gasteiger charge is 2.32. The first-order valence-corrected chi connectivity index (χ1v) is 11.8. The van der Waals surface area contributed by atoms with Crippen molar-refractivity contribution in [1.82, 2.24) is 14.3 Å². The molecule has 0 bridgehead atoms. The van der Waals surface area contributed by atoms with E-state index in [4.69, 9.17) is 9.47 Å². The number of rotatable bonds is 7. The van der Waals surface area contributed by atoms with Gasteiger partial charge in [-0.15, -0.1) is 0 Å². The molecule has 3 heterocycles. The van der Waals surface area contributed by atoms with Crippen LogP contribution in [0, 0.1) is 10.1 Å². The molecule has 5 rings (SSSR count). The second-order valence-electron chi connectivity index (χ2n) is 7.78. The molecule has 4 aromatic rings. The lowest BCUT2D eigenvalue weighted by atomic mass is 10.1. The first-order chi connectivity index (χ1) is 16.8. The number of nitro groups is 1. The molecule has 12 heteroatoms. The van der Waals surface area contributed by atoms with E-state index in [1.165, 1.54) is 24.4 Å². The number of aromatic nitrogens is 2. The number of benzene rings is 2. The van der Waals surface area contributed by atoms with Gasteiger partial charge in [0.1, 0.15) is 0 Å². The van der Waals surface area contributed by atoms with Crippen LogP contribution in [0.2, 0.25) is 0 Å². The van der Waals surface area contributed by atoms with Crippen LogP contribution in [0.1, 0.15) is 11.1 Å². The fourth-order valence-electron chi connectivity index (χ4n) is 3.84. The van der Waals surface area contributed by atoms with E-state index in [1.54, 1.807) is 36.5 Å². The zero-order valence-electron chi connectivity index (χ0n) is 18.1. The van der Waals surface area contributed by atoms with Crippen LogP contribution in [-0.2, 0) is 23.1 Å². The maximum Gasteiger partial charge on any atom is 0.289 e. The Morgan fingerprint density at radius 3 is 2.57 bits per heavy atom. The highest BCUT2D eigenvalue weighted by molar-refractivity contribution is 7.89. The topological polar surface area (TPSA) is 145 Å². The minimum Gasteiger partial charge on any atom is -0.454 e. The molecule has 1 N–H and O–H groups in total. The highest BCUT2D eigenvalue weighted by Crippen LogP contribution is 2.35. The fourth-order valence-corrected chi connectivity index (χ4v) is 5.40. The first kappa shape index (κ1) is 22.5. The summed E-state index contributed by atoms with van der Waals surface area (Å²) in [6, 6.07) is 13.3. The Labute approximate surface area is 198 Å². The minimum atomic E-state index is -4.39. The van der Waals surface area contributed by atoms with Gasteiger partial charge in [-0.3, -0.25) is 19.9 Å². The monoisotopic (exact) mass is 494 g/mol. The van der Waals surface area contributed by atoms with E-state index >= 15 is 0 Å². The summed E-state index contributed by atoms with van der Waals surface area (Å²) in [7, 11) is -4.39. The molecule has 0 saturated carbocycles. The summed E-state index contributed by atoms with van der Waals surface area (Å²) < 4.78 is 39.0. The van der Waals surface area contributed by atoms with Crippen LogP contribution in [0.25, 0.3) is 10.9 Å². The molecule has 2 aromatic heterocycles. The largest absolute Gasteiger partial charge is 0.454 e. The van der Waals surface area contributed by atoms with E-state index < -0.39 is 31.1 Å². The zero-order valence-corrected chi connectivity index (χ0v) is 18.9. The van der Waals surface area contributed by atoms with Crippen molar-refractivity contribution >= 4 is 26.6 Å². The van der Waals surface area contributed by atoms with Gasteiger partial charge < -0.3 is 14.5 Å². The number of para-hydroxylation sites is 1. The maximum atomic E-state index is 13.6. The summed E-state index contributed by atoms with van der Waals surface area (Å²) in [4.78, 5) is 30.0. The predicted molar refractivity (Wildman–Crippen MR) is 124 cm³/mol. The van der Waals surface area contributed by atoms with Crippen molar-refractivity contribution < 1.29 is 22.8 Å². The lowest BCUT2D eigenvalue weighted by molar-refractivity contribution is -0.387. The second-order valence-corrected chi connectivity index (χ2v) is 9.68. The minimum absolute atomic E-state index is 0.0652. The van der Waals surface area contributed by atoms with Crippen LogP contribution in [0.4, 0.5) is 5.69 Å². The second kappa shape index (κ2) is 8.81. The normalized spacial score (nSPS) is 12.8. The van der Waals surface area contributed by atoms with Gasteiger partial charge in [-0.2, -0.15) is 4.31 Å². The Morgan fingerprint density at radius 1 is 1.06 bits per heavy atom. The summed E-state index contributed by atoms with van der Waals surface area (Å²) >= 11 is 0. The number of hydrogen-bond donors (Lipinski definition) is 1. The SMILES string of the molecule is O=c1[nH]c2cc3c(cc2cc1CN(Cc1cccnc1)S(=O)(=O)c1ccccc1[N+](=O)[O-])OCO3. The van der Waals surface area contributed by atoms with Gasteiger partial charge in [-0.05, 0) is 29.8 Å². The average molecular weight is 494 g/mol. The van der Waals surface area contributed by atoms with Gasteiger partial charge in [0.2, 0.25) is 6.79 Å². The Hall–Kier alpha value is -4.29. The van der Waals surface area contributed by atoms with E-state index in [2.05, 4.69) is 9.97 Å². The summed E-state index contributed by atoms with van der Waals surface area (Å²) in [5.41, 5.74) is 0.162. The lowest BCUT2D eigenvalue weighted by Gasteiger charge is -2.22. The molecule has 178 valence electrons. The molecule has 0 amide bonds. The van der Waals surface area contributed by atoms with Crippen LogP contribution >= 0.6 is 0 Å². The Bertz CT molecular complexity index is 1600. The van der Waals surface area contributed by atoms with E-state index in [9.17, 15) is 23.3 Å². The maximum absolute atomic E-state index is 13.6. The standard InChI is InChI=1S/C23H18N4O7S/c28-23-17(8-16-9-20-21(34-14-33-20)10-18(16)25-23)13-26(12-15-4-3-7-24-11-15)35(31,32)22-6-2-1-5-19(22)27(29)30/h1-11H,12-14H2,(H,25,28). The summed E-state index contributed by atoms with van der Waals surface area (Å²) in [6.45, 7) is -0.417. The quantitative estimate of drug-likeness (QED) is 0.305. The number of nitro benzene ring substituents is 1. The molecule has 35 heavy (non-hydrogen) atoms. The molecule has 0 aliphatic carbocycles. The van der Waals surface area contributed by atoms with Crippen molar-refractivity contribution in [3.8, 4) is 11.5 Å². The van der Waals surface area contributed by atoms with Gasteiger partial charge in [-0.1, -0.05) is 18.2 Å². The van der Waals surface area contributed by atoms with Crippen LogP contribution in [0.3, 0.4) is 0 Å². The van der Waals surface area contributed by atoms with Crippen LogP contribution in [0.5, 0.6) is 11.5 Å². The van der Waals surface area contributed by atoms with Crippen molar-refractivity contribution in [1.29, 1.82) is 0 Å². The molecule has 0 spiro atoms. The van der Waals surface area contributed by atoms with Crippen molar-refractivity contribution in [3.63, 3.8) is 0 Å². The first-order valence-electron chi connectivity index (χ1n) is 10.4. The molecule has 11 nitrogen and oxygen atoms in total. The third-order valence-electron chi connectivity index (χ3n) is 5.52. The number of nitrogens with zero attached hydrogens (tertiary/aromatic N) is 3. The van der Waals surface area contributed by atoms with E-state index in [-0.39, 0.29) is 25.4 Å². The zero-order chi connectivity index (χ0) is 24.6. The van der Waals surface area contributed by atoms with Crippen molar-refractivity contribution in [2.75, 3.05) is 6.79 Å². The number of nitrogens with one attached hydrogen (secondary N) is 1. The van der Waals surface area contributed by atoms with Crippen molar-refractivity contribution in [2.24, 2.45) is 0 Å². The highest BCUT2D eigenvalue weighted by atomic mass is 32.2. The van der Waals surface area contributed by atoms with E-state index in [0.717, 1.165) is 10.4 Å². The Balaban J connectivity index is 1.60. The van der Waals surface area contributed by atoms with Crippen molar-refractivity contribution in [2.45, 2.75) is 18.0 Å². The molecule has 0 unspecified atom stereocenters. The van der Waals surface area contributed by atoms with E-state index in [0.29, 0.717) is 28.0 Å².